The van der Waals surface area contributed by atoms with Crippen molar-refractivity contribution in [3.63, 3.8) is 0 Å². The largest absolute Gasteiger partial charge is 0.351 e. The van der Waals surface area contributed by atoms with Gasteiger partial charge in [-0.3, -0.25) is 4.79 Å². The minimum atomic E-state index is 0.00966. The van der Waals surface area contributed by atoms with Crippen LogP contribution in [-0.2, 0) is 7.05 Å². The van der Waals surface area contributed by atoms with Gasteiger partial charge in [0.2, 0.25) is 0 Å². The summed E-state index contributed by atoms with van der Waals surface area (Å²) in [5.74, 6) is 1.98. The molecule has 0 aliphatic carbocycles. The Morgan fingerprint density at radius 2 is 2.06 bits per heavy atom. The van der Waals surface area contributed by atoms with Crippen LogP contribution in [0.5, 0.6) is 0 Å². The summed E-state index contributed by atoms with van der Waals surface area (Å²) in [6.45, 7) is 4.08. The highest BCUT2D eigenvalue weighted by Gasteiger charge is 2.37. The van der Waals surface area contributed by atoms with Gasteiger partial charge in [0.25, 0.3) is 5.56 Å². The first kappa shape index (κ1) is 9.84. The smallest absolute Gasteiger partial charge is 0.293 e. The molecule has 2 atom stereocenters. The third-order valence-electron chi connectivity index (χ3n) is 3.69. The summed E-state index contributed by atoms with van der Waals surface area (Å²) >= 11 is 0. The van der Waals surface area contributed by atoms with Crippen LogP contribution < -0.4 is 15.8 Å². The average molecular weight is 220 g/mol. The van der Waals surface area contributed by atoms with Crippen LogP contribution in [0.2, 0.25) is 0 Å². The molecule has 1 aromatic heterocycles. The van der Waals surface area contributed by atoms with Gasteiger partial charge in [-0.1, -0.05) is 0 Å². The molecule has 0 aromatic carbocycles. The van der Waals surface area contributed by atoms with Crippen LogP contribution in [-0.4, -0.2) is 35.7 Å². The van der Waals surface area contributed by atoms with E-state index in [-0.39, 0.29) is 5.56 Å². The van der Waals surface area contributed by atoms with Gasteiger partial charge in [-0.2, -0.15) is 0 Å². The van der Waals surface area contributed by atoms with Gasteiger partial charge in [-0.05, 0) is 11.8 Å². The fraction of sp³-hybridized carbons (Fsp3) is 0.636. The Morgan fingerprint density at radius 1 is 1.38 bits per heavy atom. The molecule has 2 saturated heterocycles. The molecule has 0 unspecified atom stereocenters. The lowest BCUT2D eigenvalue weighted by Crippen LogP contribution is -2.33. The second-order valence-corrected chi connectivity index (χ2v) is 4.75. The molecule has 2 aliphatic rings. The zero-order valence-corrected chi connectivity index (χ0v) is 9.39. The van der Waals surface area contributed by atoms with Gasteiger partial charge in [-0.15, -0.1) is 0 Å². The van der Waals surface area contributed by atoms with E-state index in [1.54, 1.807) is 24.0 Å². The van der Waals surface area contributed by atoms with Crippen LogP contribution in [0.1, 0.15) is 0 Å². The molecule has 0 amide bonds. The molecular weight excluding hydrogens is 204 g/mol. The normalized spacial score (nSPS) is 28.4. The second kappa shape index (κ2) is 3.59. The first-order chi connectivity index (χ1) is 7.75. The lowest BCUT2D eigenvalue weighted by atomic mass is 10.0. The van der Waals surface area contributed by atoms with E-state index in [9.17, 15) is 4.79 Å². The van der Waals surface area contributed by atoms with Crippen LogP contribution >= 0.6 is 0 Å². The van der Waals surface area contributed by atoms with Gasteiger partial charge < -0.3 is 14.8 Å². The number of aryl methyl sites for hydroxylation is 1. The third-order valence-corrected chi connectivity index (χ3v) is 3.69. The van der Waals surface area contributed by atoms with Crippen LogP contribution in [0.15, 0.2) is 17.2 Å². The minimum absolute atomic E-state index is 0.00966. The summed E-state index contributed by atoms with van der Waals surface area (Å²) in [7, 11) is 1.77. The predicted octanol–water partition coefficient (Wildman–Crippen LogP) is -0.564. The van der Waals surface area contributed by atoms with Gasteiger partial charge in [0.05, 0.1) is 0 Å². The van der Waals surface area contributed by atoms with Crippen LogP contribution in [0.25, 0.3) is 0 Å². The zero-order chi connectivity index (χ0) is 11.1. The molecule has 2 fully saturated rings. The maximum Gasteiger partial charge on any atom is 0.293 e. The zero-order valence-electron chi connectivity index (χ0n) is 9.39. The van der Waals surface area contributed by atoms with E-state index in [2.05, 4.69) is 15.2 Å². The van der Waals surface area contributed by atoms with Crippen LogP contribution in [0, 0.1) is 11.8 Å². The Balaban J connectivity index is 1.89. The van der Waals surface area contributed by atoms with E-state index in [0.717, 1.165) is 26.2 Å². The Morgan fingerprint density at radius 3 is 2.75 bits per heavy atom. The molecule has 1 N–H and O–H groups in total. The van der Waals surface area contributed by atoms with Gasteiger partial charge in [0.15, 0.2) is 5.82 Å². The Labute approximate surface area is 94.1 Å². The standard InChI is InChI=1S/C11H16N4O/c1-14-3-2-13-10(11(14)16)15-6-8-4-12-5-9(8)7-15/h2-3,8-9,12H,4-7H2,1H3/t8-,9+. The summed E-state index contributed by atoms with van der Waals surface area (Å²) in [5, 5.41) is 3.39. The Kier molecular flexibility index (Phi) is 2.21. The van der Waals surface area contributed by atoms with E-state index in [1.807, 2.05) is 0 Å². The maximum atomic E-state index is 11.9. The topological polar surface area (TPSA) is 50.2 Å². The Bertz CT molecular complexity index is 444. The molecule has 5 heteroatoms. The summed E-state index contributed by atoms with van der Waals surface area (Å²) in [6.07, 6.45) is 3.40. The average Bonchev–Trinajstić information content (AvgIpc) is 2.81. The van der Waals surface area contributed by atoms with Crippen molar-refractivity contribution in [2.45, 2.75) is 0 Å². The fourth-order valence-electron chi connectivity index (χ4n) is 2.73. The lowest BCUT2D eigenvalue weighted by Gasteiger charge is -2.17. The second-order valence-electron chi connectivity index (χ2n) is 4.75. The van der Waals surface area contributed by atoms with Gasteiger partial charge in [-0.25, -0.2) is 4.98 Å². The molecular formula is C11H16N4O. The molecule has 1 aromatic rings. The minimum Gasteiger partial charge on any atom is -0.351 e. The van der Waals surface area contributed by atoms with Crippen molar-refractivity contribution in [3.8, 4) is 0 Å². The first-order valence-corrected chi connectivity index (χ1v) is 5.73. The summed E-state index contributed by atoms with van der Waals surface area (Å²) in [4.78, 5) is 18.3. The lowest BCUT2D eigenvalue weighted by molar-refractivity contribution is 0.533. The van der Waals surface area contributed by atoms with Crippen molar-refractivity contribution < 1.29 is 0 Å². The number of nitrogens with one attached hydrogen (secondary N) is 1. The van der Waals surface area contributed by atoms with Gasteiger partial charge in [0, 0.05) is 45.6 Å². The molecule has 16 heavy (non-hydrogen) atoms. The number of aromatic nitrogens is 2. The van der Waals surface area contributed by atoms with E-state index in [0.29, 0.717) is 17.7 Å². The number of hydrogen-bond donors (Lipinski definition) is 1. The van der Waals surface area contributed by atoms with Crippen LogP contribution in [0.3, 0.4) is 0 Å². The van der Waals surface area contributed by atoms with Crippen molar-refractivity contribution in [2.24, 2.45) is 18.9 Å². The van der Waals surface area contributed by atoms with Gasteiger partial charge in [0.1, 0.15) is 0 Å². The predicted molar refractivity (Wildman–Crippen MR) is 61.5 cm³/mol. The molecule has 0 saturated carbocycles. The SMILES string of the molecule is Cn1ccnc(N2C[C@H]3CNC[C@H]3C2)c1=O. The molecule has 2 aliphatic heterocycles. The monoisotopic (exact) mass is 220 g/mol. The number of anilines is 1. The summed E-state index contributed by atoms with van der Waals surface area (Å²) in [6, 6.07) is 0. The highest BCUT2D eigenvalue weighted by molar-refractivity contribution is 5.38. The molecule has 0 radical (unpaired) electrons. The van der Waals surface area contributed by atoms with E-state index in [4.69, 9.17) is 0 Å². The highest BCUT2D eigenvalue weighted by atomic mass is 16.1. The first-order valence-electron chi connectivity index (χ1n) is 5.73. The Hall–Kier alpha value is -1.36. The van der Waals surface area contributed by atoms with Crippen molar-refractivity contribution in [1.82, 2.24) is 14.9 Å². The molecule has 86 valence electrons. The fourth-order valence-corrected chi connectivity index (χ4v) is 2.73. The van der Waals surface area contributed by atoms with Crippen molar-refractivity contribution >= 4 is 5.82 Å². The molecule has 0 bridgehead atoms. The third kappa shape index (κ3) is 1.43. The number of nitrogens with zero attached hydrogens (tertiary/aromatic N) is 3. The highest BCUT2D eigenvalue weighted by Crippen LogP contribution is 2.27. The molecule has 0 spiro atoms. The molecule has 5 nitrogen and oxygen atoms in total. The van der Waals surface area contributed by atoms with Crippen molar-refractivity contribution in [3.05, 3.63) is 22.7 Å². The summed E-state index contributed by atoms with van der Waals surface area (Å²) in [5.41, 5.74) is 0.00966. The number of fused-ring (bicyclic) bond motifs is 1. The van der Waals surface area contributed by atoms with Crippen molar-refractivity contribution in [1.29, 1.82) is 0 Å². The molecule has 3 rings (SSSR count). The molecule has 3 heterocycles. The van der Waals surface area contributed by atoms with Crippen LogP contribution in [0.4, 0.5) is 5.82 Å². The van der Waals surface area contributed by atoms with E-state index < -0.39 is 0 Å². The maximum absolute atomic E-state index is 11.9. The number of hydrogen-bond acceptors (Lipinski definition) is 4. The van der Waals surface area contributed by atoms with E-state index in [1.165, 1.54) is 0 Å². The van der Waals surface area contributed by atoms with E-state index >= 15 is 0 Å². The quantitative estimate of drug-likeness (QED) is 0.689. The summed E-state index contributed by atoms with van der Waals surface area (Å²) < 4.78 is 1.59. The number of rotatable bonds is 1. The van der Waals surface area contributed by atoms with Crippen molar-refractivity contribution in [2.75, 3.05) is 31.1 Å². The van der Waals surface area contributed by atoms with Gasteiger partial charge >= 0.3 is 0 Å².